The molecule has 1 saturated carbocycles. The smallest absolute Gasteiger partial charge is 0.340 e. The van der Waals surface area contributed by atoms with E-state index in [0.717, 1.165) is 29.6 Å². The number of rotatable bonds is 8. The minimum atomic E-state index is -3.74. The molecule has 0 spiro atoms. The molecule has 3 rings (SSSR count). The average Bonchev–Trinajstić information content (AvgIpc) is 2.72. The summed E-state index contributed by atoms with van der Waals surface area (Å²) in [5.74, 6) is -1.29. The number of hydrogen-bond donors (Lipinski definition) is 1. The van der Waals surface area contributed by atoms with E-state index in [9.17, 15) is 18.0 Å². The normalized spacial score (nSPS) is 15.2. The number of sulfonamides is 1. The topological polar surface area (TPSA) is 92.8 Å². The molecular weight excluding hydrogens is 440 g/mol. The van der Waals surface area contributed by atoms with Gasteiger partial charge in [-0.25, -0.2) is 17.5 Å². The fourth-order valence-electron chi connectivity index (χ4n) is 3.52. The van der Waals surface area contributed by atoms with Gasteiger partial charge in [0.15, 0.2) is 6.61 Å². The number of hydrogen-bond acceptors (Lipinski definition) is 5. The lowest BCUT2D eigenvalue weighted by atomic mass is 9.64. The van der Waals surface area contributed by atoms with Crippen molar-refractivity contribution in [1.82, 2.24) is 9.62 Å². The maximum atomic E-state index is 12.4. The average molecular weight is 465 g/mol. The second-order valence-electron chi connectivity index (χ2n) is 7.78. The molecule has 0 unspecified atom stereocenters. The standard InChI is InChI=1S/C22H25ClN2O5S/c1-25(2)31(28,29)17-9-10-19(23)18(13-17)21(27)30-14-20(26)24-15-22(11-6-12-22)16-7-4-3-5-8-16/h3-5,7-10,13H,6,11-12,14-15H2,1-2H3,(H,24,26). The second-order valence-corrected chi connectivity index (χ2v) is 10.3. The summed E-state index contributed by atoms with van der Waals surface area (Å²) in [5.41, 5.74) is 0.987. The zero-order valence-electron chi connectivity index (χ0n) is 17.4. The van der Waals surface area contributed by atoms with Gasteiger partial charge in [-0.05, 0) is 36.6 Å². The lowest BCUT2D eigenvalue weighted by molar-refractivity contribution is -0.124. The Bertz CT molecular complexity index is 1070. The van der Waals surface area contributed by atoms with Crippen LogP contribution in [0.3, 0.4) is 0 Å². The van der Waals surface area contributed by atoms with Crippen LogP contribution in [0.2, 0.25) is 5.02 Å². The third-order valence-electron chi connectivity index (χ3n) is 5.59. The van der Waals surface area contributed by atoms with Crippen molar-refractivity contribution in [2.45, 2.75) is 29.6 Å². The van der Waals surface area contributed by atoms with Crippen molar-refractivity contribution >= 4 is 33.5 Å². The first-order valence-electron chi connectivity index (χ1n) is 9.87. The van der Waals surface area contributed by atoms with E-state index < -0.39 is 28.5 Å². The molecule has 0 saturated heterocycles. The molecule has 7 nitrogen and oxygen atoms in total. The molecule has 2 aromatic carbocycles. The van der Waals surface area contributed by atoms with Crippen LogP contribution in [0, 0.1) is 0 Å². The van der Waals surface area contributed by atoms with Gasteiger partial charge in [-0.1, -0.05) is 48.4 Å². The molecule has 9 heteroatoms. The number of carbonyl (C=O) groups excluding carboxylic acids is 2. The molecule has 0 radical (unpaired) electrons. The van der Waals surface area contributed by atoms with Gasteiger partial charge in [-0.2, -0.15) is 0 Å². The van der Waals surface area contributed by atoms with Crippen molar-refractivity contribution in [3.63, 3.8) is 0 Å². The first kappa shape index (κ1) is 23.2. The van der Waals surface area contributed by atoms with Crippen molar-refractivity contribution in [3.05, 3.63) is 64.7 Å². The van der Waals surface area contributed by atoms with E-state index in [1.54, 1.807) is 0 Å². The molecule has 1 amide bonds. The molecule has 1 aliphatic rings. The largest absolute Gasteiger partial charge is 0.452 e. The minimum absolute atomic E-state index is 0.0422. The third kappa shape index (κ3) is 5.08. The van der Waals surface area contributed by atoms with E-state index in [1.807, 2.05) is 18.2 Å². The lowest BCUT2D eigenvalue weighted by Crippen LogP contribution is -2.46. The Hall–Kier alpha value is -2.42. The quantitative estimate of drug-likeness (QED) is 0.606. The molecule has 2 aromatic rings. The number of amides is 1. The van der Waals surface area contributed by atoms with Crippen LogP contribution in [0.15, 0.2) is 53.4 Å². The SMILES string of the molecule is CN(C)S(=O)(=O)c1ccc(Cl)c(C(=O)OCC(=O)NCC2(c3ccccc3)CCC2)c1. The molecule has 1 fully saturated rings. The third-order valence-corrected chi connectivity index (χ3v) is 7.73. The van der Waals surface area contributed by atoms with Crippen molar-refractivity contribution in [3.8, 4) is 0 Å². The van der Waals surface area contributed by atoms with E-state index in [-0.39, 0.29) is 20.9 Å². The first-order chi connectivity index (χ1) is 14.7. The Balaban J connectivity index is 1.60. The second kappa shape index (κ2) is 9.38. The maximum absolute atomic E-state index is 12.4. The molecule has 0 aliphatic heterocycles. The van der Waals surface area contributed by atoms with Crippen LogP contribution < -0.4 is 5.32 Å². The van der Waals surface area contributed by atoms with Gasteiger partial charge in [-0.15, -0.1) is 0 Å². The van der Waals surface area contributed by atoms with Crippen LogP contribution in [-0.4, -0.2) is 51.8 Å². The number of esters is 1. The molecule has 1 aliphatic carbocycles. The Morgan fingerprint density at radius 1 is 1.13 bits per heavy atom. The number of benzene rings is 2. The monoisotopic (exact) mass is 464 g/mol. The van der Waals surface area contributed by atoms with Crippen molar-refractivity contribution < 1.29 is 22.7 Å². The van der Waals surface area contributed by atoms with E-state index in [0.29, 0.717) is 6.54 Å². The van der Waals surface area contributed by atoms with E-state index >= 15 is 0 Å². The summed E-state index contributed by atoms with van der Waals surface area (Å²) in [6.07, 6.45) is 3.07. The van der Waals surface area contributed by atoms with Crippen molar-refractivity contribution in [2.75, 3.05) is 27.2 Å². The molecule has 31 heavy (non-hydrogen) atoms. The maximum Gasteiger partial charge on any atom is 0.340 e. The van der Waals surface area contributed by atoms with Crippen LogP contribution in [0.5, 0.6) is 0 Å². The van der Waals surface area contributed by atoms with Gasteiger partial charge in [0.05, 0.1) is 15.5 Å². The van der Waals surface area contributed by atoms with Crippen molar-refractivity contribution in [1.29, 1.82) is 0 Å². The van der Waals surface area contributed by atoms with E-state index in [4.69, 9.17) is 16.3 Å². The predicted molar refractivity (Wildman–Crippen MR) is 118 cm³/mol. The van der Waals surface area contributed by atoms with Gasteiger partial charge in [0.1, 0.15) is 0 Å². The summed E-state index contributed by atoms with van der Waals surface area (Å²) >= 11 is 6.04. The first-order valence-corrected chi connectivity index (χ1v) is 11.7. The highest BCUT2D eigenvalue weighted by atomic mass is 35.5. The molecule has 166 valence electrons. The van der Waals surface area contributed by atoms with Crippen molar-refractivity contribution in [2.24, 2.45) is 0 Å². The summed E-state index contributed by atoms with van der Waals surface area (Å²) in [6.45, 7) is -0.0184. The summed E-state index contributed by atoms with van der Waals surface area (Å²) in [4.78, 5) is 24.6. The highest BCUT2D eigenvalue weighted by Gasteiger charge is 2.38. The lowest BCUT2D eigenvalue weighted by Gasteiger charge is -2.42. The number of nitrogens with one attached hydrogen (secondary N) is 1. The van der Waals surface area contributed by atoms with Crippen LogP contribution >= 0.6 is 11.6 Å². The molecule has 0 heterocycles. The van der Waals surface area contributed by atoms with Crippen LogP contribution in [0.1, 0.15) is 35.2 Å². The molecule has 0 atom stereocenters. The van der Waals surface area contributed by atoms with Gasteiger partial charge in [-0.3, -0.25) is 4.79 Å². The van der Waals surface area contributed by atoms with Gasteiger partial charge < -0.3 is 10.1 Å². The number of nitrogens with zero attached hydrogens (tertiary/aromatic N) is 1. The van der Waals surface area contributed by atoms with E-state index in [1.165, 1.54) is 31.8 Å². The summed E-state index contributed by atoms with van der Waals surface area (Å²) in [6, 6.07) is 13.8. The zero-order chi connectivity index (χ0) is 22.6. The molecule has 1 N–H and O–H groups in total. The van der Waals surface area contributed by atoms with Crippen LogP contribution in [-0.2, 0) is 25.0 Å². The molecule has 0 bridgehead atoms. The zero-order valence-corrected chi connectivity index (χ0v) is 19.0. The van der Waals surface area contributed by atoms with Gasteiger partial charge >= 0.3 is 5.97 Å². The summed E-state index contributed by atoms with van der Waals surface area (Å²) in [7, 11) is -0.970. The number of halogens is 1. The highest BCUT2D eigenvalue weighted by Crippen LogP contribution is 2.43. The molecule has 0 aromatic heterocycles. The minimum Gasteiger partial charge on any atom is -0.452 e. The van der Waals surface area contributed by atoms with Gasteiger partial charge in [0, 0.05) is 26.1 Å². The fourth-order valence-corrected chi connectivity index (χ4v) is 4.65. The van der Waals surface area contributed by atoms with Gasteiger partial charge in [0.25, 0.3) is 5.91 Å². The van der Waals surface area contributed by atoms with Crippen LogP contribution in [0.4, 0.5) is 0 Å². The summed E-state index contributed by atoms with van der Waals surface area (Å²) in [5, 5.41) is 2.89. The molecular formula is C22H25ClN2O5S. The van der Waals surface area contributed by atoms with Crippen LogP contribution in [0.25, 0.3) is 0 Å². The fraction of sp³-hybridized carbons (Fsp3) is 0.364. The Morgan fingerprint density at radius 3 is 2.39 bits per heavy atom. The number of ether oxygens (including phenoxy) is 1. The summed E-state index contributed by atoms with van der Waals surface area (Å²) < 4.78 is 30.7. The number of carbonyl (C=O) groups is 2. The Labute approximate surface area is 187 Å². The van der Waals surface area contributed by atoms with Gasteiger partial charge in [0.2, 0.25) is 10.0 Å². The highest BCUT2D eigenvalue weighted by molar-refractivity contribution is 7.89. The Kier molecular flexibility index (Phi) is 7.03. The Morgan fingerprint density at radius 2 is 1.81 bits per heavy atom. The van der Waals surface area contributed by atoms with E-state index in [2.05, 4.69) is 17.4 Å². The predicted octanol–water partition coefficient (Wildman–Crippen LogP) is 2.99.